The molecule has 1 aromatic carbocycles. The van der Waals surface area contributed by atoms with Crippen LogP contribution in [0.2, 0.25) is 0 Å². The summed E-state index contributed by atoms with van der Waals surface area (Å²) < 4.78 is 10.9. The van der Waals surface area contributed by atoms with Gasteiger partial charge in [-0.05, 0) is 51.6 Å². The summed E-state index contributed by atoms with van der Waals surface area (Å²) in [5, 5.41) is 0. The van der Waals surface area contributed by atoms with Crippen LogP contribution in [-0.2, 0) is 24.2 Å². The fourth-order valence-corrected chi connectivity index (χ4v) is 2.76. The molecule has 0 bridgehead atoms. The van der Waals surface area contributed by atoms with Gasteiger partial charge in [0.15, 0.2) is 0 Å². The van der Waals surface area contributed by atoms with Crippen LogP contribution in [0.1, 0.15) is 30.5 Å². The summed E-state index contributed by atoms with van der Waals surface area (Å²) in [6.07, 6.45) is 0.629. The molecule has 1 aliphatic rings. The smallest absolute Gasteiger partial charge is 0.410 e. The molecule has 0 aromatic heterocycles. The zero-order valence-electron chi connectivity index (χ0n) is 14.0. The molecule has 0 N–H and O–H groups in total. The van der Waals surface area contributed by atoms with Crippen molar-refractivity contribution >= 4 is 6.09 Å². The van der Waals surface area contributed by atoms with E-state index in [-0.39, 0.29) is 6.09 Å². The van der Waals surface area contributed by atoms with Gasteiger partial charge in [0.05, 0.1) is 13.2 Å². The highest BCUT2D eigenvalue weighted by atomic mass is 16.6. The lowest BCUT2D eigenvalue weighted by molar-refractivity contribution is 0.102. The number of carbonyl (C=O) groups is 1. The number of rotatable bonds is 5. The van der Waals surface area contributed by atoms with Crippen LogP contribution >= 0.6 is 0 Å². The summed E-state index contributed by atoms with van der Waals surface area (Å²) in [5.41, 5.74) is 3.67. The average Bonchev–Trinajstić information content (AvgIpc) is 2.47. The normalized spacial score (nSPS) is 14.0. The van der Waals surface area contributed by atoms with Crippen LogP contribution in [0.5, 0.6) is 5.75 Å². The fourth-order valence-electron chi connectivity index (χ4n) is 2.76. The maximum atomic E-state index is 11.9. The van der Waals surface area contributed by atoms with Gasteiger partial charge in [-0.1, -0.05) is 6.07 Å². The topological polar surface area (TPSA) is 42.0 Å². The lowest BCUT2D eigenvalue weighted by Crippen LogP contribution is -2.36. The van der Waals surface area contributed by atoms with E-state index < -0.39 is 0 Å². The Balaban J connectivity index is 2.24. The highest BCUT2D eigenvalue weighted by Crippen LogP contribution is 2.29. The number of amides is 1. The van der Waals surface area contributed by atoms with Crippen LogP contribution in [0.4, 0.5) is 4.79 Å². The molecule has 0 unspecified atom stereocenters. The van der Waals surface area contributed by atoms with Gasteiger partial charge < -0.3 is 19.3 Å². The Morgan fingerprint density at radius 2 is 2.00 bits per heavy atom. The Kier molecular flexibility index (Phi) is 5.66. The molecule has 5 heteroatoms. The van der Waals surface area contributed by atoms with Crippen LogP contribution < -0.4 is 4.74 Å². The van der Waals surface area contributed by atoms with Crippen molar-refractivity contribution < 1.29 is 14.3 Å². The molecule has 2 rings (SSSR count). The Labute approximate surface area is 132 Å². The summed E-state index contributed by atoms with van der Waals surface area (Å²) >= 11 is 0. The number of ether oxygens (including phenoxy) is 2. The molecule has 1 aliphatic heterocycles. The second kappa shape index (κ2) is 7.49. The standard InChI is InChI=1S/C17H26N2O3/c1-5-21-16-10-14-12-19(17(20)22-6-2)8-7-13(14)9-15(16)11-18(3)4/h9-10H,5-8,11-12H2,1-4H3. The molecular formula is C17H26N2O3. The lowest BCUT2D eigenvalue weighted by atomic mass is 9.96. The molecule has 0 aliphatic carbocycles. The molecule has 5 nitrogen and oxygen atoms in total. The van der Waals surface area contributed by atoms with Crippen molar-refractivity contribution in [2.24, 2.45) is 0 Å². The van der Waals surface area contributed by atoms with Gasteiger partial charge in [0.25, 0.3) is 0 Å². The van der Waals surface area contributed by atoms with Crippen molar-refractivity contribution in [1.29, 1.82) is 0 Å². The number of hydrogen-bond acceptors (Lipinski definition) is 4. The van der Waals surface area contributed by atoms with E-state index in [0.717, 1.165) is 24.3 Å². The van der Waals surface area contributed by atoms with Crippen molar-refractivity contribution in [3.05, 3.63) is 28.8 Å². The van der Waals surface area contributed by atoms with Crippen LogP contribution in [0.3, 0.4) is 0 Å². The first-order valence-electron chi connectivity index (χ1n) is 7.89. The average molecular weight is 306 g/mol. The van der Waals surface area contributed by atoms with E-state index in [4.69, 9.17) is 9.47 Å². The number of carbonyl (C=O) groups excluding carboxylic acids is 1. The van der Waals surface area contributed by atoms with Crippen molar-refractivity contribution in [3.63, 3.8) is 0 Å². The van der Waals surface area contributed by atoms with Gasteiger partial charge in [0.2, 0.25) is 0 Å². The molecule has 0 radical (unpaired) electrons. The highest BCUT2D eigenvalue weighted by Gasteiger charge is 2.23. The van der Waals surface area contributed by atoms with Crippen molar-refractivity contribution in [3.8, 4) is 5.75 Å². The summed E-state index contributed by atoms with van der Waals surface area (Å²) in [6.45, 7) is 7.02. The maximum absolute atomic E-state index is 11.9. The Bertz CT molecular complexity index is 529. The molecule has 0 saturated carbocycles. The lowest BCUT2D eigenvalue weighted by Gasteiger charge is -2.29. The second-order valence-electron chi connectivity index (χ2n) is 5.77. The third-order valence-corrected chi connectivity index (χ3v) is 3.71. The maximum Gasteiger partial charge on any atom is 0.410 e. The monoisotopic (exact) mass is 306 g/mol. The predicted octanol–water partition coefficient (Wildman–Crippen LogP) is 2.66. The third-order valence-electron chi connectivity index (χ3n) is 3.71. The number of hydrogen-bond donors (Lipinski definition) is 0. The molecule has 122 valence electrons. The van der Waals surface area contributed by atoms with Gasteiger partial charge in [-0.3, -0.25) is 0 Å². The quantitative estimate of drug-likeness (QED) is 0.839. The molecule has 22 heavy (non-hydrogen) atoms. The van der Waals surface area contributed by atoms with E-state index in [1.807, 2.05) is 13.8 Å². The fraction of sp³-hybridized carbons (Fsp3) is 0.588. The van der Waals surface area contributed by atoms with Crippen molar-refractivity contribution in [1.82, 2.24) is 9.80 Å². The minimum atomic E-state index is -0.233. The van der Waals surface area contributed by atoms with E-state index in [9.17, 15) is 4.79 Å². The Hall–Kier alpha value is -1.75. The highest BCUT2D eigenvalue weighted by molar-refractivity contribution is 5.68. The molecule has 0 atom stereocenters. The SMILES string of the molecule is CCOC(=O)N1CCc2cc(CN(C)C)c(OCC)cc2C1. The van der Waals surface area contributed by atoms with E-state index in [1.54, 1.807) is 4.90 Å². The minimum absolute atomic E-state index is 0.233. The zero-order valence-corrected chi connectivity index (χ0v) is 14.0. The zero-order chi connectivity index (χ0) is 16.1. The number of benzene rings is 1. The van der Waals surface area contributed by atoms with E-state index in [2.05, 4.69) is 31.1 Å². The summed E-state index contributed by atoms with van der Waals surface area (Å²) in [5.74, 6) is 0.917. The van der Waals surface area contributed by atoms with E-state index in [1.165, 1.54) is 11.1 Å². The van der Waals surface area contributed by atoms with Gasteiger partial charge in [0, 0.05) is 25.2 Å². The summed E-state index contributed by atoms with van der Waals surface area (Å²) in [6, 6.07) is 4.31. The van der Waals surface area contributed by atoms with Crippen molar-refractivity contribution in [2.75, 3.05) is 33.9 Å². The van der Waals surface area contributed by atoms with Crippen LogP contribution in [0.15, 0.2) is 12.1 Å². The van der Waals surface area contributed by atoms with Crippen LogP contribution in [0.25, 0.3) is 0 Å². The summed E-state index contributed by atoms with van der Waals surface area (Å²) in [7, 11) is 4.11. The van der Waals surface area contributed by atoms with Crippen molar-refractivity contribution in [2.45, 2.75) is 33.4 Å². The van der Waals surface area contributed by atoms with Gasteiger partial charge in [-0.25, -0.2) is 4.79 Å². The minimum Gasteiger partial charge on any atom is -0.494 e. The largest absolute Gasteiger partial charge is 0.494 e. The summed E-state index contributed by atoms with van der Waals surface area (Å²) in [4.78, 5) is 15.8. The van der Waals surface area contributed by atoms with Crippen LogP contribution in [0, 0.1) is 0 Å². The first-order chi connectivity index (χ1) is 10.5. The van der Waals surface area contributed by atoms with Crippen LogP contribution in [-0.4, -0.2) is 49.7 Å². The third kappa shape index (κ3) is 3.91. The molecule has 1 aromatic rings. The first kappa shape index (κ1) is 16.6. The van der Waals surface area contributed by atoms with Gasteiger partial charge >= 0.3 is 6.09 Å². The molecule has 1 amide bonds. The number of fused-ring (bicyclic) bond motifs is 1. The van der Waals surface area contributed by atoms with Gasteiger partial charge in [-0.15, -0.1) is 0 Å². The first-order valence-corrected chi connectivity index (χ1v) is 7.89. The second-order valence-corrected chi connectivity index (χ2v) is 5.77. The predicted molar refractivity (Wildman–Crippen MR) is 86.1 cm³/mol. The number of nitrogens with zero attached hydrogens (tertiary/aromatic N) is 2. The van der Waals surface area contributed by atoms with E-state index in [0.29, 0.717) is 26.3 Å². The Morgan fingerprint density at radius 3 is 2.64 bits per heavy atom. The van der Waals surface area contributed by atoms with Gasteiger partial charge in [0.1, 0.15) is 5.75 Å². The molecule has 0 spiro atoms. The van der Waals surface area contributed by atoms with E-state index >= 15 is 0 Å². The molecule has 0 saturated heterocycles. The molecule has 1 heterocycles. The van der Waals surface area contributed by atoms with Gasteiger partial charge in [-0.2, -0.15) is 0 Å². The Morgan fingerprint density at radius 1 is 1.23 bits per heavy atom. The molecular weight excluding hydrogens is 280 g/mol. The molecule has 0 fully saturated rings.